The van der Waals surface area contributed by atoms with Crippen LogP contribution in [-0.2, 0) is 11.3 Å². The Bertz CT molecular complexity index is 903. The Morgan fingerprint density at radius 1 is 1.11 bits per heavy atom. The van der Waals surface area contributed by atoms with Crippen molar-refractivity contribution in [2.75, 3.05) is 6.61 Å². The number of rotatable bonds is 7. The zero-order chi connectivity index (χ0) is 19.1. The number of nitrogens with zero attached hydrogens (tertiary/aromatic N) is 1. The van der Waals surface area contributed by atoms with Crippen molar-refractivity contribution >= 4 is 41.0 Å². The molecule has 0 fully saturated rings. The number of hydrogen-bond donors (Lipinski definition) is 1. The highest BCUT2D eigenvalue weighted by Crippen LogP contribution is 2.24. The molecule has 2 aromatic carbocycles. The average Bonchev–Trinajstić information content (AvgIpc) is 3.17. The first-order valence-electron chi connectivity index (χ1n) is 8.10. The number of ether oxygens (including phenoxy) is 1. The van der Waals surface area contributed by atoms with E-state index in [1.165, 1.54) is 0 Å². The molecule has 1 N–H and O–H groups in total. The predicted octanol–water partition coefficient (Wildman–Crippen LogP) is 5.03. The van der Waals surface area contributed by atoms with Gasteiger partial charge in [0.05, 0.1) is 18.5 Å². The summed E-state index contributed by atoms with van der Waals surface area (Å²) in [4.78, 5) is 16.1. The minimum absolute atomic E-state index is 0.0742. The number of furan rings is 1. The molecule has 3 rings (SSSR count). The standard InChI is InChI=1S/C20H16Cl2N2O3/c21-15-8-16(22)10-17(9-15)23-11-14-3-5-18(6-4-14)27-13-20(25)24-12-19-2-1-7-26-19/h1-11H,12-13H2,(H,24,25). The van der Waals surface area contributed by atoms with Crippen LogP contribution in [0.5, 0.6) is 5.75 Å². The van der Waals surface area contributed by atoms with E-state index in [0.717, 1.165) is 5.56 Å². The smallest absolute Gasteiger partial charge is 0.258 e. The second-order valence-corrected chi connectivity index (χ2v) is 6.47. The summed E-state index contributed by atoms with van der Waals surface area (Å²) in [5.41, 5.74) is 1.54. The van der Waals surface area contributed by atoms with Crippen molar-refractivity contribution in [3.8, 4) is 5.75 Å². The van der Waals surface area contributed by atoms with Crippen LogP contribution in [0.2, 0.25) is 10.0 Å². The quantitative estimate of drug-likeness (QED) is 0.563. The molecule has 1 amide bonds. The number of hydrogen-bond acceptors (Lipinski definition) is 4. The molecule has 1 aromatic heterocycles. The van der Waals surface area contributed by atoms with Crippen molar-refractivity contribution in [1.29, 1.82) is 0 Å². The molecule has 0 radical (unpaired) electrons. The summed E-state index contributed by atoms with van der Waals surface area (Å²) in [6, 6.07) is 15.9. The molecule has 27 heavy (non-hydrogen) atoms. The molecule has 0 saturated carbocycles. The molecule has 0 saturated heterocycles. The Kier molecular flexibility index (Phi) is 6.52. The zero-order valence-electron chi connectivity index (χ0n) is 14.2. The van der Waals surface area contributed by atoms with Crippen molar-refractivity contribution in [2.45, 2.75) is 6.54 Å². The third-order valence-electron chi connectivity index (χ3n) is 3.50. The zero-order valence-corrected chi connectivity index (χ0v) is 15.7. The summed E-state index contributed by atoms with van der Waals surface area (Å²) >= 11 is 11.9. The second-order valence-electron chi connectivity index (χ2n) is 5.60. The van der Waals surface area contributed by atoms with Crippen LogP contribution in [0.3, 0.4) is 0 Å². The van der Waals surface area contributed by atoms with Gasteiger partial charge in [-0.15, -0.1) is 0 Å². The fraction of sp³-hybridized carbons (Fsp3) is 0.100. The fourth-order valence-electron chi connectivity index (χ4n) is 2.21. The Hall–Kier alpha value is -2.76. The maximum atomic E-state index is 11.8. The summed E-state index contributed by atoms with van der Waals surface area (Å²) in [6.45, 7) is 0.257. The van der Waals surface area contributed by atoms with E-state index < -0.39 is 0 Å². The van der Waals surface area contributed by atoms with Gasteiger partial charge in [0.15, 0.2) is 6.61 Å². The van der Waals surface area contributed by atoms with Crippen molar-refractivity contribution in [1.82, 2.24) is 5.32 Å². The molecule has 0 aliphatic heterocycles. The molecule has 0 atom stereocenters. The Morgan fingerprint density at radius 2 is 1.85 bits per heavy atom. The highest BCUT2D eigenvalue weighted by Gasteiger charge is 2.04. The van der Waals surface area contributed by atoms with Crippen LogP contribution in [0.25, 0.3) is 0 Å². The van der Waals surface area contributed by atoms with Gasteiger partial charge < -0.3 is 14.5 Å². The minimum atomic E-state index is -0.227. The molecule has 0 aliphatic rings. The highest BCUT2D eigenvalue weighted by molar-refractivity contribution is 6.35. The first kappa shape index (κ1) is 19.0. The van der Waals surface area contributed by atoms with Crippen LogP contribution in [0.15, 0.2) is 70.3 Å². The van der Waals surface area contributed by atoms with Crippen molar-refractivity contribution in [2.24, 2.45) is 4.99 Å². The van der Waals surface area contributed by atoms with Gasteiger partial charge in [-0.25, -0.2) is 0 Å². The molecule has 1 heterocycles. The lowest BCUT2D eigenvalue weighted by Gasteiger charge is -2.06. The molecular weight excluding hydrogens is 387 g/mol. The van der Waals surface area contributed by atoms with Gasteiger partial charge in [0.2, 0.25) is 0 Å². The lowest BCUT2D eigenvalue weighted by molar-refractivity contribution is -0.123. The van der Waals surface area contributed by atoms with Crippen LogP contribution >= 0.6 is 23.2 Å². The number of halogens is 2. The van der Waals surface area contributed by atoms with Gasteiger partial charge in [-0.1, -0.05) is 23.2 Å². The number of nitrogens with one attached hydrogen (secondary N) is 1. The van der Waals surface area contributed by atoms with Gasteiger partial charge in [0.25, 0.3) is 5.91 Å². The third kappa shape index (κ3) is 6.16. The second kappa shape index (κ2) is 9.26. The molecule has 0 spiro atoms. The number of benzene rings is 2. The van der Waals surface area contributed by atoms with E-state index in [0.29, 0.717) is 33.8 Å². The summed E-state index contributed by atoms with van der Waals surface area (Å²) in [7, 11) is 0. The number of amides is 1. The first-order chi connectivity index (χ1) is 13.1. The SMILES string of the molecule is O=C(COc1ccc(C=Nc2cc(Cl)cc(Cl)c2)cc1)NCc1ccco1. The molecule has 0 aliphatic carbocycles. The molecule has 5 nitrogen and oxygen atoms in total. The third-order valence-corrected chi connectivity index (χ3v) is 3.94. The van der Waals surface area contributed by atoms with Crippen LogP contribution in [0.4, 0.5) is 5.69 Å². The topological polar surface area (TPSA) is 63.8 Å². The minimum Gasteiger partial charge on any atom is -0.484 e. The van der Waals surface area contributed by atoms with Crippen LogP contribution in [0, 0.1) is 0 Å². The van der Waals surface area contributed by atoms with E-state index in [2.05, 4.69) is 10.3 Å². The van der Waals surface area contributed by atoms with Crippen molar-refractivity contribution < 1.29 is 13.9 Å². The van der Waals surface area contributed by atoms with E-state index in [9.17, 15) is 4.79 Å². The lowest BCUT2D eigenvalue weighted by atomic mass is 10.2. The molecular formula is C20H16Cl2N2O3. The molecule has 3 aromatic rings. The van der Waals surface area contributed by atoms with Gasteiger partial charge >= 0.3 is 0 Å². The van der Waals surface area contributed by atoms with Gasteiger partial charge in [0, 0.05) is 16.3 Å². The summed E-state index contributed by atoms with van der Waals surface area (Å²) < 4.78 is 10.6. The van der Waals surface area contributed by atoms with Gasteiger partial charge in [0.1, 0.15) is 11.5 Å². The monoisotopic (exact) mass is 402 g/mol. The highest BCUT2D eigenvalue weighted by atomic mass is 35.5. The van der Waals surface area contributed by atoms with E-state index >= 15 is 0 Å². The lowest BCUT2D eigenvalue weighted by Crippen LogP contribution is -2.28. The van der Waals surface area contributed by atoms with E-state index in [4.69, 9.17) is 32.4 Å². The number of carbonyl (C=O) groups is 1. The molecule has 0 unspecified atom stereocenters. The Labute approximate surface area is 166 Å². The van der Waals surface area contributed by atoms with E-state index in [-0.39, 0.29) is 12.5 Å². The summed E-state index contributed by atoms with van der Waals surface area (Å²) in [5, 5.41) is 3.78. The van der Waals surface area contributed by atoms with E-state index in [1.807, 2.05) is 12.1 Å². The van der Waals surface area contributed by atoms with Crippen molar-refractivity contribution in [3.05, 3.63) is 82.2 Å². The maximum absolute atomic E-state index is 11.8. The average molecular weight is 403 g/mol. The van der Waals surface area contributed by atoms with Crippen molar-refractivity contribution in [3.63, 3.8) is 0 Å². The summed E-state index contributed by atoms with van der Waals surface area (Å²) in [5.74, 6) is 1.05. The van der Waals surface area contributed by atoms with E-state index in [1.54, 1.807) is 54.9 Å². The predicted molar refractivity (Wildman–Crippen MR) is 106 cm³/mol. The van der Waals surface area contributed by atoms with Crippen LogP contribution < -0.4 is 10.1 Å². The number of aliphatic imine (C=N–C) groups is 1. The molecule has 0 bridgehead atoms. The number of carbonyl (C=O) groups excluding carboxylic acids is 1. The largest absolute Gasteiger partial charge is 0.484 e. The van der Waals surface area contributed by atoms with Gasteiger partial charge in [-0.2, -0.15) is 0 Å². The Morgan fingerprint density at radius 3 is 2.52 bits per heavy atom. The first-order valence-corrected chi connectivity index (χ1v) is 8.86. The van der Waals surface area contributed by atoms with Crippen LogP contribution in [0.1, 0.15) is 11.3 Å². The normalized spacial score (nSPS) is 10.9. The fourth-order valence-corrected chi connectivity index (χ4v) is 2.73. The van der Waals surface area contributed by atoms with Gasteiger partial charge in [-0.05, 0) is 60.2 Å². The van der Waals surface area contributed by atoms with Gasteiger partial charge in [-0.3, -0.25) is 9.79 Å². The maximum Gasteiger partial charge on any atom is 0.258 e. The molecule has 7 heteroatoms. The summed E-state index contributed by atoms with van der Waals surface area (Å²) in [6.07, 6.45) is 3.26. The van der Waals surface area contributed by atoms with Crippen LogP contribution in [-0.4, -0.2) is 18.7 Å². The molecule has 138 valence electrons. The Balaban J connectivity index is 1.49.